The van der Waals surface area contributed by atoms with Crippen molar-refractivity contribution in [2.45, 2.75) is 126 Å². The molecule has 1 saturated carbocycles. The van der Waals surface area contributed by atoms with Gasteiger partial charge < -0.3 is 0 Å². The van der Waals surface area contributed by atoms with Gasteiger partial charge in [-0.15, -0.1) is 24.8 Å². The molecule has 0 heterocycles. The second-order valence-electron chi connectivity index (χ2n) is 22.1. The molecule has 0 aliphatic heterocycles. The number of rotatable bonds is 4. The summed E-state index contributed by atoms with van der Waals surface area (Å²) in [7, 11) is 0. The van der Waals surface area contributed by atoms with Gasteiger partial charge in [-0.3, -0.25) is 0 Å². The van der Waals surface area contributed by atoms with Crippen LogP contribution in [0.15, 0.2) is 122 Å². The van der Waals surface area contributed by atoms with Crippen molar-refractivity contribution < 1.29 is 18.3 Å². The monoisotopic (exact) mass is 892 g/mol. The second kappa shape index (κ2) is 13.9. The number of fused-ring (bicyclic) bond motifs is 6. The number of benzene rings is 3. The first kappa shape index (κ1) is 45.2. The molecular weight excluding hydrogens is 823 g/mol. The minimum atomic E-state index is -5.43. The molecule has 0 nitrogen and oxygen atoms in total. The van der Waals surface area contributed by atoms with E-state index in [4.69, 9.17) is 4.21 Å². The van der Waals surface area contributed by atoms with E-state index in [2.05, 4.69) is 195 Å². The number of allylic oxidation sites excluding steroid dienone is 10. The van der Waals surface area contributed by atoms with Crippen molar-refractivity contribution >= 4 is 41.1 Å². The normalized spacial score (nSPS) is 28.2. The van der Waals surface area contributed by atoms with Crippen LogP contribution in [0, 0.1) is 52.8 Å². The van der Waals surface area contributed by atoms with Crippen LogP contribution in [0.3, 0.4) is 0 Å². The number of halogens is 2. The summed E-state index contributed by atoms with van der Waals surface area (Å²) in [6, 6.07) is 29.4. The summed E-state index contributed by atoms with van der Waals surface area (Å²) < 4.78 is 10.7. The molecule has 3 aromatic carbocycles. The first-order valence-electron chi connectivity index (χ1n) is 21.8. The number of aryl methyl sites for hydroxylation is 2. The van der Waals surface area contributed by atoms with E-state index in [0.29, 0.717) is 5.92 Å². The summed E-state index contributed by atoms with van der Waals surface area (Å²) in [6.45, 7) is 38.5. The number of hydrogen-bond acceptors (Lipinski definition) is 0. The van der Waals surface area contributed by atoms with Gasteiger partial charge in [0.05, 0.1) is 0 Å². The zero-order valence-electron chi connectivity index (χ0n) is 38.5. The van der Waals surface area contributed by atoms with Crippen LogP contribution in [0.1, 0.15) is 125 Å². The van der Waals surface area contributed by atoms with Crippen molar-refractivity contribution in [3.05, 3.63) is 144 Å². The van der Waals surface area contributed by atoms with E-state index in [0.717, 1.165) is 12.8 Å². The van der Waals surface area contributed by atoms with Crippen LogP contribution in [0.25, 0.3) is 5.57 Å². The van der Waals surface area contributed by atoms with E-state index >= 15 is 0 Å². The standard InChI is InChI=1S/C29H37.C11H17.2C7H7.CH2.2ClH.Zr/c1-18-25-22-17-19-13-9-10-14-20(19)24(22)21-15-11-12-16-23(21)29(25,8)28(6,7)27(4,5)26(18,2)3;1-8-6-9(2)10(7-8)11(3,4)5;2*1-7-5-3-2-4-6-7;;;;/h9-11,13-15,23H,12,16-17H2,1-8H3;7-8H,1-5H3;2*3-6H,1H3;1H2;2*1H;. The van der Waals surface area contributed by atoms with Crippen LogP contribution >= 0.6 is 24.8 Å². The molecule has 4 unspecified atom stereocenters. The summed E-state index contributed by atoms with van der Waals surface area (Å²) in [5, 5.41) is 0. The summed E-state index contributed by atoms with van der Waals surface area (Å²) >= 11 is -5.43. The average molecular weight is 895 g/mol. The average Bonchev–Trinajstić information content (AvgIpc) is 3.68. The Hall–Kier alpha value is -2.31. The van der Waals surface area contributed by atoms with Gasteiger partial charge in [-0.1, -0.05) is 0 Å². The molecule has 0 amide bonds. The first-order valence-corrected chi connectivity index (χ1v) is 28.4. The summed E-state index contributed by atoms with van der Waals surface area (Å²) in [6.07, 6.45) is 11.0. The van der Waals surface area contributed by atoms with Gasteiger partial charge in [0.1, 0.15) is 0 Å². The fraction of sp³-hybridized carbons (Fsp3) is 0.473. The molecule has 5 aliphatic rings. The van der Waals surface area contributed by atoms with Crippen LogP contribution < -0.4 is 6.54 Å². The fourth-order valence-electron chi connectivity index (χ4n) is 14.7. The van der Waals surface area contributed by atoms with E-state index in [1.54, 1.807) is 25.6 Å². The Morgan fingerprint density at radius 1 is 0.707 bits per heavy atom. The molecule has 0 radical (unpaired) electrons. The van der Waals surface area contributed by atoms with E-state index in [-0.39, 0.29) is 60.9 Å². The van der Waals surface area contributed by atoms with Gasteiger partial charge in [0.2, 0.25) is 0 Å². The zero-order chi connectivity index (χ0) is 40.8. The van der Waals surface area contributed by atoms with Gasteiger partial charge in [-0.05, 0) is 0 Å². The molecule has 3 aromatic rings. The molecule has 0 N–H and O–H groups in total. The van der Waals surface area contributed by atoms with Crippen molar-refractivity contribution in [2.75, 3.05) is 0 Å². The molecule has 3 heteroatoms. The van der Waals surface area contributed by atoms with Gasteiger partial charge in [-0.2, -0.15) is 0 Å². The van der Waals surface area contributed by atoms with E-state index < -0.39 is 18.3 Å². The Bertz CT molecular complexity index is 2360. The van der Waals surface area contributed by atoms with Crippen molar-refractivity contribution in [1.29, 1.82) is 0 Å². The van der Waals surface area contributed by atoms with E-state index in [9.17, 15) is 0 Å². The topological polar surface area (TPSA) is 0 Å². The van der Waals surface area contributed by atoms with Crippen LogP contribution in [-0.2, 0) is 24.7 Å². The quantitative estimate of drug-likeness (QED) is 0.245. The van der Waals surface area contributed by atoms with Gasteiger partial charge in [-0.25, -0.2) is 0 Å². The maximum absolute atomic E-state index is 6.35. The Morgan fingerprint density at radius 2 is 1.24 bits per heavy atom. The zero-order valence-corrected chi connectivity index (χ0v) is 42.6. The Kier molecular flexibility index (Phi) is 10.8. The molecule has 0 saturated heterocycles. The van der Waals surface area contributed by atoms with Gasteiger partial charge in [0.25, 0.3) is 0 Å². The predicted octanol–water partition coefficient (Wildman–Crippen LogP) is 14.7. The minimum absolute atomic E-state index is 0. The van der Waals surface area contributed by atoms with Gasteiger partial charge >= 0.3 is 344 Å². The summed E-state index contributed by atoms with van der Waals surface area (Å²) in [4.78, 5) is 0. The van der Waals surface area contributed by atoms with Crippen LogP contribution in [0.2, 0.25) is 3.12 Å². The molecule has 0 aromatic heterocycles. The van der Waals surface area contributed by atoms with Gasteiger partial charge in [0, 0.05) is 0 Å². The van der Waals surface area contributed by atoms with E-state index in [1.807, 2.05) is 0 Å². The fourth-order valence-corrected chi connectivity index (χ4v) is 37.2. The van der Waals surface area contributed by atoms with Crippen molar-refractivity contribution in [3.63, 3.8) is 0 Å². The molecule has 58 heavy (non-hydrogen) atoms. The summed E-state index contributed by atoms with van der Waals surface area (Å²) in [5.41, 5.74) is 14.7. The Morgan fingerprint density at radius 3 is 1.76 bits per heavy atom. The van der Waals surface area contributed by atoms with Crippen molar-refractivity contribution in [1.82, 2.24) is 0 Å². The maximum atomic E-state index is 6.35. The number of hydrogen-bond donors (Lipinski definition) is 0. The second-order valence-corrected chi connectivity index (χ2v) is 35.9. The van der Waals surface area contributed by atoms with Crippen LogP contribution in [0.5, 0.6) is 0 Å². The molecular formula is C55H72Cl2Zr. The van der Waals surface area contributed by atoms with Crippen LogP contribution in [-0.4, -0.2) is 4.21 Å². The third-order valence-corrected chi connectivity index (χ3v) is 39.2. The molecule has 4 atom stereocenters. The molecule has 8 rings (SSSR count). The van der Waals surface area contributed by atoms with Crippen molar-refractivity contribution in [2.24, 2.45) is 38.9 Å². The SMILES string of the molecule is Cl.Cl.[CH2]=[Zr]([C]1=C(C)C(C(C)(C)C)=CC1C)([c]1ccc(C)cc1)([c]1ccc(C)cc1)[C]1(C)C2=C3Cc4ccccc4C3=C3C=CCCC3C2(C)C(C)(C)C(C)(C)C1(C)C. The van der Waals surface area contributed by atoms with E-state index in [1.165, 1.54) is 46.4 Å². The molecule has 0 spiro atoms. The third kappa shape index (κ3) is 5.06. The first-order chi connectivity index (χ1) is 25.9. The molecule has 5 aliphatic carbocycles. The predicted molar refractivity (Wildman–Crippen MR) is 256 cm³/mol. The molecule has 0 bridgehead atoms. The summed E-state index contributed by atoms with van der Waals surface area (Å²) in [5.74, 6) is 0.685. The van der Waals surface area contributed by atoms with Gasteiger partial charge in [0.15, 0.2) is 0 Å². The van der Waals surface area contributed by atoms with Crippen molar-refractivity contribution in [3.8, 4) is 0 Å². The molecule has 310 valence electrons. The Balaban J connectivity index is 0.00000283. The molecule has 1 fully saturated rings. The third-order valence-electron chi connectivity index (χ3n) is 18.8. The van der Waals surface area contributed by atoms with Crippen LogP contribution in [0.4, 0.5) is 0 Å². The Labute approximate surface area is 366 Å².